The fraction of sp³-hybridized carbons (Fsp3) is 0.750. The molecule has 1 rings (SSSR count). The quantitative estimate of drug-likeness (QED) is 0.149. The second-order valence-corrected chi connectivity index (χ2v) is 9.89. The van der Waals surface area contributed by atoms with E-state index in [4.69, 9.17) is 9.22 Å². The normalized spacial score (nSPS) is 15.2. The first-order valence-electron chi connectivity index (χ1n) is 11.6. The van der Waals surface area contributed by atoms with Crippen LogP contribution in [0.1, 0.15) is 98.3 Å². The van der Waals surface area contributed by atoms with Crippen LogP contribution in [0.2, 0.25) is 0 Å². The minimum absolute atomic E-state index is 0.120. The Morgan fingerprint density at radius 1 is 0.793 bits per heavy atom. The fourth-order valence-corrected chi connectivity index (χ4v) is 4.41. The van der Waals surface area contributed by atoms with Gasteiger partial charge in [-0.3, -0.25) is 0 Å². The van der Waals surface area contributed by atoms with Gasteiger partial charge in [-0.15, -0.1) is 4.33 Å². The van der Waals surface area contributed by atoms with Gasteiger partial charge in [0.2, 0.25) is 0 Å². The Balaban J connectivity index is 2.40. The van der Waals surface area contributed by atoms with Crippen molar-refractivity contribution in [2.75, 3.05) is 0 Å². The molecule has 0 aromatic heterocycles. The summed E-state index contributed by atoms with van der Waals surface area (Å²) >= 11 is 0. The third-order valence-corrected chi connectivity index (χ3v) is 6.91. The Morgan fingerprint density at radius 3 is 1.90 bits per heavy atom. The highest BCUT2D eigenvalue weighted by Gasteiger charge is 2.27. The molecule has 0 spiro atoms. The van der Waals surface area contributed by atoms with Gasteiger partial charge in [-0.2, -0.15) is 8.42 Å². The number of hydrogen-bond acceptors (Lipinski definition) is 4. The highest BCUT2D eigenvalue weighted by Crippen LogP contribution is 2.26. The van der Waals surface area contributed by atoms with Gasteiger partial charge in [-0.05, 0) is 30.4 Å². The first kappa shape index (κ1) is 26.1. The first-order valence-corrected chi connectivity index (χ1v) is 13.0. The molecule has 0 aliphatic heterocycles. The van der Waals surface area contributed by atoms with E-state index in [1.807, 2.05) is 0 Å². The number of rotatable bonds is 17. The molecule has 0 saturated heterocycles. The summed E-state index contributed by atoms with van der Waals surface area (Å²) in [6, 6.07) is 8.16. The van der Waals surface area contributed by atoms with Gasteiger partial charge in [-0.25, -0.2) is 4.89 Å². The smallest absolute Gasteiger partial charge is 0.216 e. The van der Waals surface area contributed by atoms with Crippen molar-refractivity contribution in [2.24, 2.45) is 11.8 Å². The molecular formula is C24H42O4S. The summed E-state index contributed by atoms with van der Waals surface area (Å²) in [5.41, 5.74) is 0. The van der Waals surface area contributed by atoms with E-state index in [-0.39, 0.29) is 22.8 Å². The maximum Gasteiger partial charge on any atom is 0.323 e. The van der Waals surface area contributed by atoms with E-state index >= 15 is 0 Å². The minimum atomic E-state index is -3.90. The largest absolute Gasteiger partial charge is 0.323 e. The van der Waals surface area contributed by atoms with Crippen LogP contribution in [0.4, 0.5) is 0 Å². The molecule has 3 unspecified atom stereocenters. The van der Waals surface area contributed by atoms with Crippen LogP contribution < -0.4 is 0 Å². The summed E-state index contributed by atoms with van der Waals surface area (Å²) in [4.78, 5) is 5.64. The molecule has 0 aliphatic carbocycles. The summed E-state index contributed by atoms with van der Waals surface area (Å²) in [6.45, 7) is 8.58. The highest BCUT2D eigenvalue weighted by atomic mass is 32.2. The summed E-state index contributed by atoms with van der Waals surface area (Å²) in [7, 11) is -3.90. The fourth-order valence-electron chi connectivity index (χ4n) is 3.65. The standard InChI is InChI=1S/C24H42O4S/c1-5-7-8-9-10-11-12-13-15-18-22(4)24(21(3)6-2)27-28-29(25,26)23-19-16-14-17-20-23/h14,16-17,19-22,24H,5-13,15,18H2,1-4H3. The van der Waals surface area contributed by atoms with Crippen molar-refractivity contribution >= 4 is 10.1 Å². The van der Waals surface area contributed by atoms with Gasteiger partial charge in [-0.1, -0.05) is 110 Å². The van der Waals surface area contributed by atoms with Crippen LogP contribution >= 0.6 is 0 Å². The van der Waals surface area contributed by atoms with Crippen LogP contribution in [0.5, 0.6) is 0 Å². The Labute approximate surface area is 179 Å². The lowest BCUT2D eigenvalue weighted by Crippen LogP contribution is -2.30. The third-order valence-electron chi connectivity index (χ3n) is 5.80. The zero-order valence-electron chi connectivity index (χ0n) is 18.9. The van der Waals surface area contributed by atoms with E-state index in [0.29, 0.717) is 0 Å². The van der Waals surface area contributed by atoms with E-state index in [2.05, 4.69) is 27.7 Å². The van der Waals surface area contributed by atoms with Crippen molar-refractivity contribution < 1.29 is 17.6 Å². The van der Waals surface area contributed by atoms with E-state index in [9.17, 15) is 8.42 Å². The molecular weight excluding hydrogens is 384 g/mol. The lowest BCUT2D eigenvalue weighted by molar-refractivity contribution is -0.265. The topological polar surface area (TPSA) is 52.6 Å². The maximum absolute atomic E-state index is 12.3. The predicted molar refractivity (Wildman–Crippen MR) is 120 cm³/mol. The van der Waals surface area contributed by atoms with Crippen LogP contribution in [0.3, 0.4) is 0 Å². The lowest BCUT2D eigenvalue weighted by Gasteiger charge is -2.27. The molecule has 29 heavy (non-hydrogen) atoms. The zero-order chi connectivity index (χ0) is 21.5. The molecule has 0 fully saturated rings. The van der Waals surface area contributed by atoms with E-state index < -0.39 is 10.1 Å². The molecule has 0 saturated carbocycles. The Kier molecular flexibility index (Phi) is 13.5. The molecule has 168 valence electrons. The van der Waals surface area contributed by atoms with Gasteiger partial charge >= 0.3 is 10.1 Å². The van der Waals surface area contributed by atoms with Gasteiger partial charge in [0.15, 0.2) is 0 Å². The van der Waals surface area contributed by atoms with Gasteiger partial charge in [0.05, 0.1) is 11.0 Å². The van der Waals surface area contributed by atoms with Gasteiger partial charge in [0.1, 0.15) is 0 Å². The second kappa shape index (κ2) is 15.0. The van der Waals surface area contributed by atoms with Crippen molar-refractivity contribution in [3.63, 3.8) is 0 Å². The van der Waals surface area contributed by atoms with Crippen molar-refractivity contribution in [2.45, 2.75) is 109 Å². The molecule has 0 heterocycles. The zero-order valence-corrected chi connectivity index (χ0v) is 19.8. The average Bonchev–Trinajstić information content (AvgIpc) is 2.73. The van der Waals surface area contributed by atoms with Crippen LogP contribution in [0.15, 0.2) is 35.2 Å². The van der Waals surface area contributed by atoms with Gasteiger partial charge in [0, 0.05) is 0 Å². The first-order chi connectivity index (χ1) is 13.9. The van der Waals surface area contributed by atoms with Crippen LogP contribution in [0.25, 0.3) is 0 Å². The van der Waals surface area contributed by atoms with E-state index in [0.717, 1.165) is 19.3 Å². The van der Waals surface area contributed by atoms with Crippen molar-refractivity contribution in [1.29, 1.82) is 0 Å². The minimum Gasteiger partial charge on any atom is -0.216 e. The molecule has 0 radical (unpaired) electrons. The monoisotopic (exact) mass is 426 g/mol. The van der Waals surface area contributed by atoms with E-state index in [1.165, 1.54) is 63.5 Å². The third kappa shape index (κ3) is 10.6. The number of benzene rings is 1. The molecule has 3 atom stereocenters. The molecule has 5 heteroatoms. The second-order valence-electron chi connectivity index (χ2n) is 8.38. The summed E-state index contributed by atoms with van der Waals surface area (Å²) in [5, 5.41) is 0. The molecule has 4 nitrogen and oxygen atoms in total. The van der Waals surface area contributed by atoms with Crippen LogP contribution in [0, 0.1) is 11.8 Å². The number of hydrogen-bond donors (Lipinski definition) is 0. The van der Waals surface area contributed by atoms with Gasteiger partial charge in [0.25, 0.3) is 0 Å². The predicted octanol–water partition coefficient (Wildman–Crippen LogP) is 7.30. The van der Waals surface area contributed by atoms with Crippen LogP contribution in [-0.2, 0) is 19.3 Å². The molecule has 0 amide bonds. The van der Waals surface area contributed by atoms with Gasteiger partial charge < -0.3 is 0 Å². The Morgan fingerprint density at radius 2 is 1.34 bits per heavy atom. The van der Waals surface area contributed by atoms with Crippen molar-refractivity contribution in [1.82, 2.24) is 0 Å². The van der Waals surface area contributed by atoms with Crippen molar-refractivity contribution in [3.05, 3.63) is 30.3 Å². The maximum atomic E-state index is 12.3. The molecule has 0 bridgehead atoms. The average molecular weight is 427 g/mol. The SMILES string of the molecule is CCCCCCCCCCCC(C)C(OOS(=O)(=O)c1ccccc1)C(C)CC. The highest BCUT2D eigenvalue weighted by molar-refractivity contribution is 7.86. The summed E-state index contributed by atoms with van der Waals surface area (Å²) in [5.74, 6) is 0.481. The molecule has 0 aliphatic rings. The Hall–Kier alpha value is -0.910. The molecule has 1 aromatic carbocycles. The molecule has 0 N–H and O–H groups in total. The van der Waals surface area contributed by atoms with E-state index in [1.54, 1.807) is 18.2 Å². The van der Waals surface area contributed by atoms with Crippen LogP contribution in [-0.4, -0.2) is 14.5 Å². The van der Waals surface area contributed by atoms with Crippen molar-refractivity contribution in [3.8, 4) is 0 Å². The summed E-state index contributed by atoms with van der Waals surface area (Å²) in [6.07, 6.45) is 13.4. The molecule has 1 aromatic rings. The lowest BCUT2D eigenvalue weighted by atomic mass is 9.88. The summed E-state index contributed by atoms with van der Waals surface area (Å²) < 4.78 is 29.7. The number of unbranched alkanes of at least 4 members (excludes halogenated alkanes) is 8. The Bertz CT molecular complexity index is 615.